The number of nitrogens with one attached hydrogen (secondary N) is 1. The fourth-order valence-electron chi connectivity index (χ4n) is 0.846. The Morgan fingerprint density at radius 1 is 1.62 bits per heavy atom. The lowest BCUT2D eigenvalue weighted by Gasteiger charge is -2.00. The van der Waals surface area contributed by atoms with Gasteiger partial charge in [0.25, 0.3) is 0 Å². The molecule has 0 fully saturated rings. The molecule has 70 valence electrons. The fraction of sp³-hybridized carbons (Fsp3) is 0.250. The molecule has 0 spiro atoms. The van der Waals surface area contributed by atoms with Gasteiger partial charge in [-0.05, 0) is 28.1 Å². The molecule has 1 heterocycles. The lowest BCUT2D eigenvalue weighted by molar-refractivity contribution is -0.135. The second-order valence-electron chi connectivity index (χ2n) is 2.45. The van der Waals surface area contributed by atoms with E-state index in [1.54, 1.807) is 0 Å². The van der Waals surface area contributed by atoms with E-state index in [1.165, 1.54) is 0 Å². The number of carboxylic acid groups (broad SMARTS) is 1. The van der Waals surface area contributed by atoms with E-state index in [4.69, 9.17) is 5.11 Å². The summed E-state index contributed by atoms with van der Waals surface area (Å²) in [5.74, 6) is -0.866. The number of carbonyl (C=O) groups is 1. The molecule has 4 nitrogen and oxygen atoms in total. The van der Waals surface area contributed by atoms with Crippen LogP contribution in [0.2, 0.25) is 0 Å². The predicted octanol–water partition coefficient (Wildman–Crippen LogP) is 1.02. The third-order valence-corrected chi connectivity index (χ3v) is 1.80. The SMILES string of the molecule is O=C(O)CNCc1cccc(Br)n1. The molecule has 0 amide bonds. The van der Waals surface area contributed by atoms with Crippen LogP contribution < -0.4 is 5.32 Å². The van der Waals surface area contributed by atoms with Crippen LogP contribution in [0.15, 0.2) is 22.8 Å². The van der Waals surface area contributed by atoms with E-state index < -0.39 is 5.97 Å². The van der Waals surface area contributed by atoms with Crippen LogP contribution in [0.25, 0.3) is 0 Å². The number of aliphatic carboxylic acids is 1. The van der Waals surface area contributed by atoms with Crippen molar-refractivity contribution in [1.29, 1.82) is 0 Å². The molecule has 0 aliphatic rings. The molecule has 0 bridgehead atoms. The van der Waals surface area contributed by atoms with Gasteiger partial charge in [-0.2, -0.15) is 0 Å². The number of rotatable bonds is 4. The van der Waals surface area contributed by atoms with E-state index >= 15 is 0 Å². The molecular weight excluding hydrogens is 236 g/mol. The van der Waals surface area contributed by atoms with E-state index in [2.05, 4.69) is 26.2 Å². The minimum Gasteiger partial charge on any atom is -0.480 e. The van der Waals surface area contributed by atoms with Crippen LogP contribution in [-0.4, -0.2) is 22.6 Å². The summed E-state index contributed by atoms with van der Waals surface area (Å²) in [7, 11) is 0. The number of nitrogens with zero attached hydrogens (tertiary/aromatic N) is 1. The Balaban J connectivity index is 2.41. The molecule has 13 heavy (non-hydrogen) atoms. The van der Waals surface area contributed by atoms with Gasteiger partial charge in [0.2, 0.25) is 0 Å². The van der Waals surface area contributed by atoms with E-state index in [-0.39, 0.29) is 6.54 Å². The van der Waals surface area contributed by atoms with Crippen molar-refractivity contribution in [2.75, 3.05) is 6.54 Å². The van der Waals surface area contributed by atoms with Crippen LogP contribution in [0, 0.1) is 0 Å². The van der Waals surface area contributed by atoms with E-state index in [0.29, 0.717) is 6.54 Å². The first-order valence-corrected chi connectivity index (χ1v) is 4.52. The maximum absolute atomic E-state index is 10.2. The Kier molecular flexibility index (Phi) is 3.85. The summed E-state index contributed by atoms with van der Waals surface area (Å²) in [5, 5.41) is 11.1. The summed E-state index contributed by atoms with van der Waals surface area (Å²) >= 11 is 3.23. The second-order valence-corrected chi connectivity index (χ2v) is 3.26. The van der Waals surface area contributed by atoms with Gasteiger partial charge in [0, 0.05) is 6.54 Å². The smallest absolute Gasteiger partial charge is 0.317 e. The standard InChI is InChI=1S/C8H9BrN2O2/c9-7-3-1-2-6(11-7)4-10-5-8(12)13/h1-3,10H,4-5H2,(H,12,13). The maximum atomic E-state index is 10.2. The highest BCUT2D eigenvalue weighted by atomic mass is 79.9. The zero-order valence-electron chi connectivity index (χ0n) is 6.83. The monoisotopic (exact) mass is 244 g/mol. The van der Waals surface area contributed by atoms with Crippen LogP contribution in [0.1, 0.15) is 5.69 Å². The van der Waals surface area contributed by atoms with Crippen molar-refractivity contribution in [2.45, 2.75) is 6.54 Å². The number of pyridine rings is 1. The fourth-order valence-corrected chi connectivity index (χ4v) is 1.23. The average molecular weight is 245 g/mol. The highest BCUT2D eigenvalue weighted by Crippen LogP contribution is 2.05. The van der Waals surface area contributed by atoms with Gasteiger partial charge in [0.05, 0.1) is 12.2 Å². The Bertz CT molecular complexity index is 304. The van der Waals surface area contributed by atoms with Gasteiger partial charge in [0.15, 0.2) is 0 Å². The lowest BCUT2D eigenvalue weighted by Crippen LogP contribution is -2.22. The Morgan fingerprint density at radius 3 is 3.00 bits per heavy atom. The molecule has 0 saturated carbocycles. The van der Waals surface area contributed by atoms with Crippen molar-refractivity contribution < 1.29 is 9.90 Å². The normalized spacial score (nSPS) is 9.92. The maximum Gasteiger partial charge on any atom is 0.317 e. The molecular formula is C8H9BrN2O2. The summed E-state index contributed by atoms with van der Waals surface area (Å²) < 4.78 is 0.752. The average Bonchev–Trinajstić information content (AvgIpc) is 2.03. The molecule has 5 heteroatoms. The van der Waals surface area contributed by atoms with Gasteiger partial charge >= 0.3 is 5.97 Å². The zero-order valence-corrected chi connectivity index (χ0v) is 8.41. The van der Waals surface area contributed by atoms with Crippen LogP contribution >= 0.6 is 15.9 Å². The van der Waals surface area contributed by atoms with Crippen LogP contribution in [-0.2, 0) is 11.3 Å². The molecule has 0 aromatic carbocycles. The zero-order chi connectivity index (χ0) is 9.68. The molecule has 0 aliphatic heterocycles. The predicted molar refractivity (Wildman–Crippen MR) is 51.3 cm³/mol. The van der Waals surface area contributed by atoms with E-state index in [0.717, 1.165) is 10.3 Å². The summed E-state index contributed by atoms with van der Waals surface area (Å²) in [6, 6.07) is 5.51. The van der Waals surface area contributed by atoms with Crippen molar-refractivity contribution >= 4 is 21.9 Å². The first-order valence-electron chi connectivity index (χ1n) is 3.72. The summed E-state index contributed by atoms with van der Waals surface area (Å²) in [5.41, 5.74) is 0.815. The third kappa shape index (κ3) is 4.00. The molecule has 1 aromatic rings. The molecule has 0 radical (unpaired) electrons. The summed E-state index contributed by atoms with van der Waals surface area (Å²) in [4.78, 5) is 14.3. The highest BCUT2D eigenvalue weighted by molar-refractivity contribution is 9.10. The summed E-state index contributed by atoms with van der Waals surface area (Å²) in [6.45, 7) is 0.417. The van der Waals surface area contributed by atoms with Crippen molar-refractivity contribution in [3.63, 3.8) is 0 Å². The molecule has 2 N–H and O–H groups in total. The van der Waals surface area contributed by atoms with Gasteiger partial charge in [0.1, 0.15) is 4.60 Å². The Labute approximate surface area is 84.1 Å². The topological polar surface area (TPSA) is 62.2 Å². The number of halogens is 1. The number of hydrogen-bond donors (Lipinski definition) is 2. The van der Waals surface area contributed by atoms with Gasteiger partial charge < -0.3 is 10.4 Å². The van der Waals surface area contributed by atoms with Gasteiger partial charge in [-0.1, -0.05) is 6.07 Å². The molecule has 1 aromatic heterocycles. The molecule has 0 unspecified atom stereocenters. The van der Waals surface area contributed by atoms with Crippen molar-refractivity contribution in [3.8, 4) is 0 Å². The minimum atomic E-state index is -0.866. The molecule has 0 atom stereocenters. The lowest BCUT2D eigenvalue weighted by atomic mass is 10.3. The number of carboxylic acids is 1. The second kappa shape index (κ2) is 4.94. The third-order valence-electron chi connectivity index (χ3n) is 1.36. The van der Waals surface area contributed by atoms with Gasteiger partial charge in [-0.25, -0.2) is 4.98 Å². The van der Waals surface area contributed by atoms with Crippen molar-refractivity contribution in [2.24, 2.45) is 0 Å². The van der Waals surface area contributed by atoms with Crippen LogP contribution in [0.4, 0.5) is 0 Å². The van der Waals surface area contributed by atoms with Gasteiger partial charge in [-0.15, -0.1) is 0 Å². The molecule has 0 saturated heterocycles. The van der Waals surface area contributed by atoms with E-state index in [1.807, 2.05) is 18.2 Å². The van der Waals surface area contributed by atoms with E-state index in [9.17, 15) is 4.79 Å². The Morgan fingerprint density at radius 2 is 2.38 bits per heavy atom. The highest BCUT2D eigenvalue weighted by Gasteiger charge is 1.97. The molecule has 1 rings (SSSR count). The Hall–Kier alpha value is -0.940. The van der Waals surface area contributed by atoms with Crippen molar-refractivity contribution in [1.82, 2.24) is 10.3 Å². The first kappa shape index (κ1) is 10.1. The largest absolute Gasteiger partial charge is 0.480 e. The first-order chi connectivity index (χ1) is 6.18. The van der Waals surface area contributed by atoms with Crippen molar-refractivity contribution in [3.05, 3.63) is 28.5 Å². The van der Waals surface area contributed by atoms with Crippen LogP contribution in [0.5, 0.6) is 0 Å². The molecule has 0 aliphatic carbocycles. The number of hydrogen-bond acceptors (Lipinski definition) is 3. The minimum absolute atomic E-state index is 0.0474. The number of aromatic nitrogens is 1. The quantitative estimate of drug-likeness (QED) is 0.777. The van der Waals surface area contributed by atoms with Gasteiger partial charge in [-0.3, -0.25) is 4.79 Å². The summed E-state index contributed by atoms with van der Waals surface area (Å²) in [6.07, 6.45) is 0. The van der Waals surface area contributed by atoms with Crippen LogP contribution in [0.3, 0.4) is 0 Å².